The summed E-state index contributed by atoms with van der Waals surface area (Å²) in [6.45, 7) is 2.71. The van der Waals surface area contributed by atoms with Crippen molar-refractivity contribution >= 4 is 22.4 Å². The lowest BCUT2D eigenvalue weighted by Gasteiger charge is -2.19. The minimum absolute atomic E-state index is 0.638. The number of nitrogen functional groups attached to an aromatic ring is 1. The molecule has 0 aliphatic heterocycles. The topological polar surface area (TPSA) is 77.2 Å². The van der Waals surface area contributed by atoms with Crippen molar-refractivity contribution in [2.24, 2.45) is 0 Å². The molecule has 3 aromatic heterocycles. The molecule has 0 unspecified atom stereocenters. The standard InChI is InChI=1S/C23H23N5O/c1-15-21(9-19(24)13-25-15)17-8-18-12-27-23(10-22(18)26-11-17)28(2)14-16-4-6-20(29-3)7-5-16/h4-13H,14,24H2,1-3H3. The lowest BCUT2D eigenvalue weighted by atomic mass is 10.0. The molecule has 4 rings (SSSR count). The van der Waals surface area contributed by atoms with Crippen molar-refractivity contribution < 1.29 is 4.74 Å². The molecule has 29 heavy (non-hydrogen) atoms. The number of nitrogens with two attached hydrogens (primary N) is 1. The number of anilines is 2. The fourth-order valence-corrected chi connectivity index (χ4v) is 3.29. The maximum atomic E-state index is 5.90. The second-order valence-corrected chi connectivity index (χ2v) is 7.06. The number of hydrogen-bond acceptors (Lipinski definition) is 6. The van der Waals surface area contributed by atoms with Crippen molar-refractivity contribution in [1.29, 1.82) is 0 Å². The van der Waals surface area contributed by atoms with Gasteiger partial charge in [0.1, 0.15) is 11.6 Å². The molecule has 3 heterocycles. The molecule has 0 spiro atoms. The number of hydrogen-bond donors (Lipinski definition) is 1. The summed E-state index contributed by atoms with van der Waals surface area (Å²) in [6, 6.07) is 14.1. The first-order valence-electron chi connectivity index (χ1n) is 9.36. The van der Waals surface area contributed by atoms with Gasteiger partial charge < -0.3 is 15.4 Å². The van der Waals surface area contributed by atoms with Gasteiger partial charge in [-0.3, -0.25) is 9.97 Å². The monoisotopic (exact) mass is 385 g/mol. The number of nitrogens with zero attached hydrogens (tertiary/aromatic N) is 4. The van der Waals surface area contributed by atoms with Gasteiger partial charge in [0.2, 0.25) is 0 Å². The van der Waals surface area contributed by atoms with Crippen molar-refractivity contribution in [2.75, 3.05) is 24.8 Å². The van der Waals surface area contributed by atoms with E-state index in [1.165, 1.54) is 5.56 Å². The van der Waals surface area contributed by atoms with Gasteiger partial charge in [0.25, 0.3) is 0 Å². The van der Waals surface area contributed by atoms with Crippen LogP contribution in [0.25, 0.3) is 22.0 Å². The van der Waals surface area contributed by atoms with Crippen molar-refractivity contribution in [3.63, 3.8) is 0 Å². The van der Waals surface area contributed by atoms with E-state index in [2.05, 4.69) is 38.1 Å². The maximum Gasteiger partial charge on any atom is 0.130 e. The van der Waals surface area contributed by atoms with Crippen LogP contribution in [0.5, 0.6) is 5.75 Å². The minimum atomic E-state index is 0.638. The molecular formula is C23H23N5O. The van der Waals surface area contributed by atoms with Gasteiger partial charge in [-0.1, -0.05) is 12.1 Å². The first kappa shape index (κ1) is 18.7. The van der Waals surface area contributed by atoms with E-state index in [0.29, 0.717) is 5.69 Å². The molecule has 2 N–H and O–H groups in total. The summed E-state index contributed by atoms with van der Waals surface area (Å²) in [5.41, 5.74) is 11.5. The van der Waals surface area contributed by atoms with Crippen molar-refractivity contribution in [2.45, 2.75) is 13.5 Å². The highest BCUT2D eigenvalue weighted by molar-refractivity contribution is 5.85. The predicted octanol–water partition coefficient (Wildman–Crippen LogP) is 4.23. The number of rotatable bonds is 5. The van der Waals surface area contributed by atoms with Crippen LogP contribution in [0.2, 0.25) is 0 Å². The van der Waals surface area contributed by atoms with E-state index >= 15 is 0 Å². The molecule has 0 bridgehead atoms. The van der Waals surface area contributed by atoms with Crippen LogP contribution in [-0.2, 0) is 6.54 Å². The zero-order chi connectivity index (χ0) is 20.4. The third-order valence-corrected chi connectivity index (χ3v) is 4.94. The summed E-state index contributed by atoms with van der Waals surface area (Å²) >= 11 is 0. The fraction of sp³-hybridized carbons (Fsp3) is 0.174. The Balaban J connectivity index is 1.60. The van der Waals surface area contributed by atoms with E-state index in [4.69, 9.17) is 10.5 Å². The average Bonchev–Trinajstić information content (AvgIpc) is 2.75. The Hall–Kier alpha value is -3.67. The number of benzene rings is 1. The van der Waals surface area contributed by atoms with Crippen LogP contribution in [0.15, 0.2) is 61.1 Å². The van der Waals surface area contributed by atoms with E-state index < -0.39 is 0 Å². The largest absolute Gasteiger partial charge is 0.497 e. The molecule has 146 valence electrons. The van der Waals surface area contributed by atoms with Gasteiger partial charge in [-0.2, -0.15) is 0 Å². The van der Waals surface area contributed by atoms with Crippen LogP contribution < -0.4 is 15.4 Å². The SMILES string of the molecule is COc1ccc(CN(C)c2cc3ncc(-c4cc(N)cnc4C)cc3cn2)cc1. The van der Waals surface area contributed by atoms with Gasteiger partial charge >= 0.3 is 0 Å². The van der Waals surface area contributed by atoms with Crippen LogP contribution in [0.4, 0.5) is 11.5 Å². The van der Waals surface area contributed by atoms with Crippen molar-refractivity contribution in [3.05, 3.63) is 72.3 Å². The van der Waals surface area contributed by atoms with E-state index in [9.17, 15) is 0 Å². The highest BCUT2D eigenvalue weighted by Crippen LogP contribution is 2.27. The molecule has 6 heteroatoms. The molecular weight excluding hydrogens is 362 g/mol. The Labute approximate surface area is 170 Å². The quantitative estimate of drug-likeness (QED) is 0.554. The van der Waals surface area contributed by atoms with Gasteiger partial charge in [-0.05, 0) is 36.8 Å². The highest BCUT2D eigenvalue weighted by atomic mass is 16.5. The smallest absolute Gasteiger partial charge is 0.130 e. The predicted molar refractivity (Wildman–Crippen MR) is 117 cm³/mol. The van der Waals surface area contributed by atoms with Crippen molar-refractivity contribution in [1.82, 2.24) is 15.0 Å². The number of aryl methyl sites for hydroxylation is 1. The third kappa shape index (κ3) is 3.96. The fourth-order valence-electron chi connectivity index (χ4n) is 3.29. The Morgan fingerprint density at radius 1 is 0.966 bits per heavy atom. The second kappa shape index (κ2) is 7.75. The van der Waals surface area contributed by atoms with E-state index in [1.807, 2.05) is 50.6 Å². The summed E-state index contributed by atoms with van der Waals surface area (Å²) in [5.74, 6) is 1.72. The van der Waals surface area contributed by atoms with Crippen LogP contribution in [0.1, 0.15) is 11.3 Å². The van der Waals surface area contributed by atoms with Gasteiger partial charge in [0.15, 0.2) is 0 Å². The van der Waals surface area contributed by atoms with E-state index in [0.717, 1.165) is 45.8 Å². The lowest BCUT2D eigenvalue weighted by Crippen LogP contribution is -2.17. The highest BCUT2D eigenvalue weighted by Gasteiger charge is 2.09. The van der Waals surface area contributed by atoms with Gasteiger partial charge in [-0.25, -0.2) is 4.98 Å². The molecule has 4 aromatic rings. The Kier molecular flexibility index (Phi) is 4.99. The maximum absolute atomic E-state index is 5.90. The molecule has 0 radical (unpaired) electrons. The second-order valence-electron chi connectivity index (χ2n) is 7.06. The number of fused-ring (bicyclic) bond motifs is 1. The van der Waals surface area contributed by atoms with E-state index in [1.54, 1.807) is 13.3 Å². The van der Waals surface area contributed by atoms with Crippen molar-refractivity contribution in [3.8, 4) is 16.9 Å². The Bertz CT molecular complexity index is 1160. The molecule has 0 atom stereocenters. The number of pyridine rings is 3. The van der Waals surface area contributed by atoms with Crippen LogP contribution in [0.3, 0.4) is 0 Å². The minimum Gasteiger partial charge on any atom is -0.497 e. The first-order chi connectivity index (χ1) is 14.0. The molecule has 1 aromatic carbocycles. The molecule has 6 nitrogen and oxygen atoms in total. The summed E-state index contributed by atoms with van der Waals surface area (Å²) in [7, 11) is 3.69. The summed E-state index contributed by atoms with van der Waals surface area (Å²) in [6.07, 6.45) is 5.39. The van der Waals surface area contributed by atoms with Gasteiger partial charge in [0, 0.05) is 54.3 Å². The van der Waals surface area contributed by atoms with E-state index in [-0.39, 0.29) is 0 Å². The Morgan fingerprint density at radius 2 is 1.76 bits per heavy atom. The average molecular weight is 385 g/mol. The molecule has 0 amide bonds. The number of ether oxygens (including phenoxy) is 1. The summed E-state index contributed by atoms with van der Waals surface area (Å²) < 4.78 is 5.22. The van der Waals surface area contributed by atoms with Crippen LogP contribution in [0, 0.1) is 6.92 Å². The zero-order valence-corrected chi connectivity index (χ0v) is 16.8. The Morgan fingerprint density at radius 3 is 2.52 bits per heavy atom. The lowest BCUT2D eigenvalue weighted by molar-refractivity contribution is 0.414. The first-order valence-corrected chi connectivity index (χ1v) is 9.36. The number of methoxy groups -OCH3 is 1. The normalized spacial score (nSPS) is 10.9. The zero-order valence-electron chi connectivity index (χ0n) is 16.8. The summed E-state index contributed by atoms with van der Waals surface area (Å²) in [5, 5.41) is 0.978. The molecule has 0 saturated carbocycles. The molecule has 0 saturated heterocycles. The number of aromatic nitrogens is 3. The van der Waals surface area contributed by atoms with Crippen LogP contribution >= 0.6 is 0 Å². The molecule has 0 fully saturated rings. The van der Waals surface area contributed by atoms with Gasteiger partial charge in [0.05, 0.1) is 24.5 Å². The molecule has 0 aliphatic carbocycles. The van der Waals surface area contributed by atoms with Gasteiger partial charge in [-0.15, -0.1) is 0 Å². The summed E-state index contributed by atoms with van der Waals surface area (Å²) in [4.78, 5) is 15.7. The van der Waals surface area contributed by atoms with Crippen LogP contribution in [-0.4, -0.2) is 29.1 Å². The third-order valence-electron chi connectivity index (χ3n) is 4.94. The molecule has 0 aliphatic rings.